The minimum Gasteiger partial charge on any atom is -0.494 e. The molecule has 0 fully saturated rings. The van der Waals surface area contributed by atoms with Crippen LogP contribution in [0.3, 0.4) is 0 Å². The van der Waals surface area contributed by atoms with E-state index in [1.54, 1.807) is 0 Å². The van der Waals surface area contributed by atoms with Gasteiger partial charge in [0.25, 0.3) is 0 Å². The fraction of sp³-hybridized carbons (Fsp3) is 0.625. The largest absolute Gasteiger partial charge is 0.494 e. The van der Waals surface area contributed by atoms with Gasteiger partial charge in [-0.15, -0.1) is 0 Å². The van der Waals surface area contributed by atoms with Crippen LogP contribution in [0.15, 0.2) is 24.3 Å². The summed E-state index contributed by atoms with van der Waals surface area (Å²) in [6, 6.07) is 7.88. The summed E-state index contributed by atoms with van der Waals surface area (Å²) in [6.07, 6.45) is 2.07. The van der Waals surface area contributed by atoms with E-state index >= 15 is 0 Å². The number of rotatable bonds is 10. The predicted molar refractivity (Wildman–Crippen MR) is 83.8 cm³/mol. The number of ether oxygens (including phenoxy) is 2. The summed E-state index contributed by atoms with van der Waals surface area (Å²) in [7, 11) is 8.29. The van der Waals surface area contributed by atoms with Crippen LogP contribution in [-0.2, 0) is 0 Å². The third kappa shape index (κ3) is 8.02. The third-order valence-corrected chi connectivity index (χ3v) is 2.86. The Bertz CT molecular complexity index is 315. The Labute approximate surface area is 123 Å². The molecular weight excluding hydrogens is 252 g/mol. The van der Waals surface area contributed by atoms with Crippen molar-refractivity contribution in [2.24, 2.45) is 0 Å². The van der Waals surface area contributed by atoms with Crippen molar-refractivity contribution < 1.29 is 9.47 Å². The summed E-state index contributed by atoms with van der Waals surface area (Å²) in [5, 5.41) is 0. The maximum absolute atomic E-state index is 5.68. The number of nitrogens with zero attached hydrogens (tertiary/aromatic N) is 2. The molecule has 0 saturated carbocycles. The second-order valence-electron chi connectivity index (χ2n) is 5.48. The maximum atomic E-state index is 5.68. The molecule has 1 aromatic rings. The molecule has 0 unspecified atom stereocenters. The fourth-order valence-corrected chi connectivity index (χ4v) is 1.77. The molecule has 0 aliphatic rings. The quantitative estimate of drug-likeness (QED) is 0.614. The Morgan fingerprint density at radius 1 is 0.700 bits per heavy atom. The van der Waals surface area contributed by atoms with E-state index in [1.165, 1.54) is 0 Å². The molecule has 4 heteroatoms. The van der Waals surface area contributed by atoms with Gasteiger partial charge in [-0.05, 0) is 65.3 Å². The highest BCUT2D eigenvalue weighted by molar-refractivity contribution is 5.31. The Hall–Kier alpha value is -1.26. The molecule has 4 nitrogen and oxygen atoms in total. The number of hydrogen-bond acceptors (Lipinski definition) is 4. The summed E-state index contributed by atoms with van der Waals surface area (Å²) in [4.78, 5) is 4.32. The topological polar surface area (TPSA) is 24.9 Å². The molecule has 0 aliphatic heterocycles. The van der Waals surface area contributed by atoms with E-state index in [2.05, 4.69) is 38.0 Å². The van der Waals surface area contributed by atoms with Crippen molar-refractivity contribution in [3.63, 3.8) is 0 Å². The highest BCUT2D eigenvalue weighted by Gasteiger charge is 1.98. The van der Waals surface area contributed by atoms with Gasteiger partial charge in [0.1, 0.15) is 11.5 Å². The van der Waals surface area contributed by atoms with Gasteiger partial charge in [0.05, 0.1) is 13.2 Å². The van der Waals surface area contributed by atoms with Crippen molar-refractivity contribution in [1.29, 1.82) is 0 Å². The van der Waals surface area contributed by atoms with Crippen LogP contribution in [0.1, 0.15) is 12.8 Å². The lowest BCUT2D eigenvalue weighted by atomic mass is 10.3. The molecule has 0 atom stereocenters. The van der Waals surface area contributed by atoms with Gasteiger partial charge in [-0.1, -0.05) is 0 Å². The van der Waals surface area contributed by atoms with E-state index in [0.717, 1.165) is 50.6 Å². The van der Waals surface area contributed by atoms with Crippen LogP contribution in [0.2, 0.25) is 0 Å². The lowest BCUT2D eigenvalue weighted by Gasteiger charge is -2.12. The smallest absolute Gasteiger partial charge is 0.119 e. The predicted octanol–water partition coefficient (Wildman–Crippen LogP) is 2.35. The van der Waals surface area contributed by atoms with Crippen molar-refractivity contribution in [2.45, 2.75) is 12.8 Å². The molecule has 1 rings (SSSR count). The van der Waals surface area contributed by atoms with Crippen LogP contribution in [0.25, 0.3) is 0 Å². The SMILES string of the molecule is CN(C)CCCOc1ccc(OCCCN(C)C)cc1. The fourth-order valence-electron chi connectivity index (χ4n) is 1.77. The standard InChI is InChI=1S/C16H28N2O2/c1-17(2)11-5-13-19-15-7-9-16(10-8-15)20-14-6-12-18(3)4/h7-10H,5-6,11-14H2,1-4H3. The van der Waals surface area contributed by atoms with Crippen LogP contribution in [0.4, 0.5) is 0 Å². The average molecular weight is 280 g/mol. The van der Waals surface area contributed by atoms with Crippen molar-refractivity contribution in [2.75, 3.05) is 54.5 Å². The summed E-state index contributed by atoms with van der Waals surface area (Å²) >= 11 is 0. The maximum Gasteiger partial charge on any atom is 0.119 e. The molecule has 1 aromatic carbocycles. The lowest BCUT2D eigenvalue weighted by molar-refractivity contribution is 0.275. The minimum absolute atomic E-state index is 0.751. The lowest BCUT2D eigenvalue weighted by Crippen LogP contribution is -2.15. The Balaban J connectivity index is 2.19. The summed E-state index contributed by atoms with van der Waals surface area (Å²) in [5.74, 6) is 1.81. The van der Waals surface area contributed by atoms with E-state index in [0.29, 0.717) is 0 Å². The van der Waals surface area contributed by atoms with Crippen LogP contribution >= 0.6 is 0 Å². The number of hydrogen-bond donors (Lipinski definition) is 0. The molecular formula is C16H28N2O2. The van der Waals surface area contributed by atoms with E-state index in [9.17, 15) is 0 Å². The van der Waals surface area contributed by atoms with Crippen molar-refractivity contribution in [1.82, 2.24) is 9.80 Å². The molecule has 0 radical (unpaired) electrons. The van der Waals surface area contributed by atoms with Gasteiger partial charge in [0, 0.05) is 13.1 Å². The van der Waals surface area contributed by atoms with Crippen LogP contribution in [-0.4, -0.2) is 64.3 Å². The van der Waals surface area contributed by atoms with Gasteiger partial charge in [-0.2, -0.15) is 0 Å². The van der Waals surface area contributed by atoms with Crippen molar-refractivity contribution in [3.8, 4) is 11.5 Å². The Kier molecular flexibility index (Phi) is 8.07. The average Bonchev–Trinajstić information content (AvgIpc) is 2.41. The van der Waals surface area contributed by atoms with Crippen LogP contribution in [0, 0.1) is 0 Å². The molecule has 0 amide bonds. The Morgan fingerprint density at radius 2 is 1.05 bits per heavy atom. The highest BCUT2D eigenvalue weighted by atomic mass is 16.5. The summed E-state index contributed by atoms with van der Waals surface area (Å²) in [5.41, 5.74) is 0. The molecule has 20 heavy (non-hydrogen) atoms. The van der Waals surface area contributed by atoms with Crippen molar-refractivity contribution >= 4 is 0 Å². The van der Waals surface area contributed by atoms with Crippen molar-refractivity contribution in [3.05, 3.63) is 24.3 Å². The molecule has 0 aromatic heterocycles. The van der Waals surface area contributed by atoms with Gasteiger partial charge in [-0.25, -0.2) is 0 Å². The summed E-state index contributed by atoms with van der Waals surface area (Å²) < 4.78 is 11.4. The molecule has 0 N–H and O–H groups in total. The molecule has 0 saturated heterocycles. The van der Waals surface area contributed by atoms with Gasteiger partial charge >= 0.3 is 0 Å². The normalized spacial score (nSPS) is 11.1. The van der Waals surface area contributed by atoms with Gasteiger partial charge in [0.2, 0.25) is 0 Å². The first-order valence-corrected chi connectivity index (χ1v) is 7.23. The zero-order valence-electron chi connectivity index (χ0n) is 13.3. The molecule has 0 heterocycles. The first kappa shape index (κ1) is 16.8. The zero-order chi connectivity index (χ0) is 14.8. The zero-order valence-corrected chi connectivity index (χ0v) is 13.3. The van der Waals surface area contributed by atoms with Crippen LogP contribution < -0.4 is 9.47 Å². The molecule has 0 aliphatic carbocycles. The first-order valence-electron chi connectivity index (χ1n) is 7.23. The summed E-state index contributed by atoms with van der Waals surface area (Å²) in [6.45, 7) is 3.60. The number of benzene rings is 1. The second kappa shape index (κ2) is 9.61. The van der Waals surface area contributed by atoms with E-state index in [-0.39, 0.29) is 0 Å². The van der Waals surface area contributed by atoms with Gasteiger partial charge < -0.3 is 19.3 Å². The third-order valence-electron chi connectivity index (χ3n) is 2.86. The molecule has 0 spiro atoms. The first-order chi connectivity index (χ1) is 9.58. The monoisotopic (exact) mass is 280 g/mol. The van der Waals surface area contributed by atoms with E-state index in [1.807, 2.05) is 24.3 Å². The molecule has 114 valence electrons. The van der Waals surface area contributed by atoms with E-state index in [4.69, 9.17) is 9.47 Å². The highest BCUT2D eigenvalue weighted by Crippen LogP contribution is 2.17. The van der Waals surface area contributed by atoms with E-state index < -0.39 is 0 Å². The molecule has 0 bridgehead atoms. The minimum atomic E-state index is 0.751. The second-order valence-corrected chi connectivity index (χ2v) is 5.48. The van der Waals surface area contributed by atoms with Gasteiger partial charge in [-0.3, -0.25) is 0 Å². The van der Waals surface area contributed by atoms with Crippen LogP contribution in [0.5, 0.6) is 11.5 Å². The van der Waals surface area contributed by atoms with Gasteiger partial charge in [0.15, 0.2) is 0 Å². The Morgan fingerprint density at radius 3 is 1.35 bits per heavy atom.